The molecule has 0 aliphatic carbocycles. The zero-order chi connectivity index (χ0) is 13.1. The van der Waals surface area contributed by atoms with E-state index in [4.69, 9.17) is 0 Å². The fourth-order valence-electron chi connectivity index (χ4n) is 2.22. The normalized spacial score (nSPS) is 17.4. The van der Waals surface area contributed by atoms with E-state index in [2.05, 4.69) is 31.7 Å². The highest BCUT2D eigenvalue weighted by atomic mass is 32.1. The third-order valence-electron chi connectivity index (χ3n) is 3.54. The van der Waals surface area contributed by atoms with E-state index in [1.54, 1.807) is 11.3 Å². The molecule has 0 atom stereocenters. The molecule has 1 fully saturated rings. The van der Waals surface area contributed by atoms with E-state index in [0.29, 0.717) is 5.92 Å². The highest BCUT2D eigenvalue weighted by Crippen LogP contribution is 2.24. The molecule has 1 amide bonds. The highest BCUT2D eigenvalue weighted by molar-refractivity contribution is 7.10. The van der Waals surface area contributed by atoms with Crippen molar-refractivity contribution in [1.82, 2.24) is 9.80 Å². The van der Waals surface area contributed by atoms with Crippen LogP contribution in [0.2, 0.25) is 0 Å². The maximum atomic E-state index is 12.3. The molecule has 18 heavy (non-hydrogen) atoms. The summed E-state index contributed by atoms with van der Waals surface area (Å²) in [5, 5.41) is 2.00. The molecule has 0 spiro atoms. The summed E-state index contributed by atoms with van der Waals surface area (Å²) in [6, 6.07) is 2.06. The van der Waals surface area contributed by atoms with E-state index >= 15 is 0 Å². The Hall–Kier alpha value is -0.870. The Kier molecular flexibility index (Phi) is 4.40. The topological polar surface area (TPSA) is 23.6 Å². The lowest BCUT2D eigenvalue weighted by Gasteiger charge is -2.33. The Bertz CT molecular complexity index is 406. The molecule has 1 aromatic heterocycles. The molecule has 2 rings (SSSR count). The molecule has 0 N–H and O–H groups in total. The molecule has 0 bridgehead atoms. The summed E-state index contributed by atoms with van der Waals surface area (Å²) >= 11 is 1.70. The Morgan fingerprint density at radius 3 is 2.50 bits per heavy atom. The summed E-state index contributed by atoms with van der Waals surface area (Å²) in [6.07, 6.45) is 0. The molecule has 4 heteroatoms. The van der Waals surface area contributed by atoms with E-state index in [9.17, 15) is 4.79 Å². The molecule has 0 aromatic carbocycles. The first-order chi connectivity index (χ1) is 8.61. The smallest absolute Gasteiger partial charge is 0.254 e. The lowest BCUT2D eigenvalue weighted by molar-refractivity contribution is 0.0644. The van der Waals surface area contributed by atoms with E-state index in [-0.39, 0.29) is 5.91 Å². The van der Waals surface area contributed by atoms with Gasteiger partial charge in [0, 0.05) is 36.4 Å². The Morgan fingerprint density at radius 1 is 1.33 bits per heavy atom. The first-order valence-electron chi connectivity index (χ1n) is 6.72. The van der Waals surface area contributed by atoms with Crippen molar-refractivity contribution in [2.45, 2.75) is 26.7 Å². The third-order valence-corrected chi connectivity index (χ3v) is 4.78. The van der Waals surface area contributed by atoms with Gasteiger partial charge in [-0.25, -0.2) is 0 Å². The Morgan fingerprint density at radius 2 is 2.00 bits per heavy atom. The second-order valence-electron chi connectivity index (χ2n) is 5.12. The second kappa shape index (κ2) is 5.85. The second-order valence-corrected chi connectivity index (χ2v) is 6.06. The summed E-state index contributed by atoms with van der Waals surface area (Å²) in [5.74, 6) is 0.711. The number of hydrogen-bond acceptors (Lipinski definition) is 3. The van der Waals surface area contributed by atoms with E-state index in [0.717, 1.165) is 38.3 Å². The minimum absolute atomic E-state index is 0.203. The van der Waals surface area contributed by atoms with Crippen molar-refractivity contribution in [3.05, 3.63) is 21.9 Å². The number of thiophene rings is 1. The summed E-state index contributed by atoms with van der Waals surface area (Å²) in [7, 11) is 0. The van der Waals surface area contributed by atoms with Gasteiger partial charge in [-0.1, -0.05) is 20.8 Å². The van der Waals surface area contributed by atoms with Crippen LogP contribution in [0.1, 0.15) is 41.9 Å². The van der Waals surface area contributed by atoms with Crippen LogP contribution >= 0.6 is 11.3 Å². The van der Waals surface area contributed by atoms with Crippen molar-refractivity contribution in [1.29, 1.82) is 0 Å². The van der Waals surface area contributed by atoms with E-state index in [1.165, 1.54) is 4.88 Å². The number of hydrogen-bond donors (Lipinski definition) is 0. The van der Waals surface area contributed by atoms with Crippen LogP contribution in [0.15, 0.2) is 11.4 Å². The zero-order valence-electron chi connectivity index (χ0n) is 11.5. The summed E-state index contributed by atoms with van der Waals surface area (Å²) in [5.41, 5.74) is 0.869. The van der Waals surface area contributed by atoms with Crippen molar-refractivity contribution in [3.8, 4) is 0 Å². The van der Waals surface area contributed by atoms with Gasteiger partial charge < -0.3 is 9.80 Å². The number of piperazine rings is 1. The third kappa shape index (κ3) is 2.93. The van der Waals surface area contributed by atoms with Gasteiger partial charge in [-0.05, 0) is 18.5 Å². The highest BCUT2D eigenvalue weighted by Gasteiger charge is 2.22. The van der Waals surface area contributed by atoms with Gasteiger partial charge in [-0.2, -0.15) is 0 Å². The molecule has 0 saturated carbocycles. The molecule has 1 aliphatic heterocycles. The van der Waals surface area contributed by atoms with Crippen molar-refractivity contribution < 1.29 is 4.79 Å². The molecule has 1 saturated heterocycles. The van der Waals surface area contributed by atoms with Crippen LogP contribution in [-0.2, 0) is 0 Å². The number of rotatable bonds is 3. The number of carbonyl (C=O) groups is 1. The lowest BCUT2D eigenvalue weighted by Crippen LogP contribution is -2.48. The van der Waals surface area contributed by atoms with Crippen LogP contribution in [0.5, 0.6) is 0 Å². The Labute approximate surface area is 113 Å². The molecular formula is C14H22N2OS. The predicted molar refractivity (Wildman–Crippen MR) is 76.4 cm³/mol. The summed E-state index contributed by atoms with van der Waals surface area (Å²) in [6.45, 7) is 11.3. The standard InChI is InChI=1S/C14H22N2OS/c1-4-15-5-7-16(8-6-15)14(17)12-9-13(11(2)3)18-10-12/h9-11H,4-8H2,1-3H3. The molecule has 1 aromatic rings. The van der Waals surface area contributed by atoms with Gasteiger partial charge in [-0.3, -0.25) is 4.79 Å². The van der Waals surface area contributed by atoms with Crippen molar-refractivity contribution >= 4 is 17.2 Å². The summed E-state index contributed by atoms with van der Waals surface area (Å²) in [4.78, 5) is 18.0. The molecule has 0 radical (unpaired) electrons. The minimum Gasteiger partial charge on any atom is -0.336 e. The van der Waals surface area contributed by atoms with Crippen molar-refractivity contribution in [2.75, 3.05) is 32.7 Å². The number of nitrogens with zero attached hydrogens (tertiary/aromatic N) is 2. The lowest BCUT2D eigenvalue weighted by atomic mass is 10.1. The van der Waals surface area contributed by atoms with Crippen LogP contribution in [0.4, 0.5) is 0 Å². The van der Waals surface area contributed by atoms with Crippen molar-refractivity contribution in [2.24, 2.45) is 0 Å². The van der Waals surface area contributed by atoms with Crippen LogP contribution in [0.3, 0.4) is 0 Å². The van der Waals surface area contributed by atoms with Crippen LogP contribution in [0, 0.1) is 0 Å². The van der Waals surface area contributed by atoms with Crippen molar-refractivity contribution in [3.63, 3.8) is 0 Å². The first-order valence-corrected chi connectivity index (χ1v) is 7.59. The maximum Gasteiger partial charge on any atom is 0.254 e. The first kappa shape index (κ1) is 13.6. The molecule has 100 valence electrons. The molecule has 1 aliphatic rings. The SMILES string of the molecule is CCN1CCN(C(=O)c2csc(C(C)C)c2)CC1. The zero-order valence-corrected chi connectivity index (χ0v) is 12.3. The average molecular weight is 266 g/mol. The number of amides is 1. The van der Waals surface area contributed by atoms with Crippen LogP contribution in [-0.4, -0.2) is 48.4 Å². The van der Waals surface area contributed by atoms with Gasteiger partial charge in [0.15, 0.2) is 0 Å². The molecular weight excluding hydrogens is 244 g/mol. The average Bonchev–Trinajstić information content (AvgIpc) is 2.88. The van der Waals surface area contributed by atoms with Crippen LogP contribution < -0.4 is 0 Å². The van der Waals surface area contributed by atoms with Crippen LogP contribution in [0.25, 0.3) is 0 Å². The fourth-order valence-corrected chi connectivity index (χ4v) is 3.12. The van der Waals surface area contributed by atoms with Gasteiger partial charge in [0.25, 0.3) is 5.91 Å². The fraction of sp³-hybridized carbons (Fsp3) is 0.643. The van der Waals surface area contributed by atoms with Gasteiger partial charge in [0.2, 0.25) is 0 Å². The quantitative estimate of drug-likeness (QED) is 0.839. The predicted octanol–water partition coefficient (Wildman–Crippen LogP) is 2.65. The van der Waals surface area contributed by atoms with Gasteiger partial charge >= 0.3 is 0 Å². The number of carbonyl (C=O) groups excluding carboxylic acids is 1. The van der Waals surface area contributed by atoms with E-state index in [1.807, 2.05) is 10.3 Å². The summed E-state index contributed by atoms with van der Waals surface area (Å²) < 4.78 is 0. The molecule has 3 nitrogen and oxygen atoms in total. The monoisotopic (exact) mass is 266 g/mol. The molecule has 2 heterocycles. The number of likely N-dealkylation sites (N-methyl/N-ethyl adjacent to an activating group) is 1. The largest absolute Gasteiger partial charge is 0.336 e. The minimum atomic E-state index is 0.203. The van der Waals surface area contributed by atoms with Gasteiger partial charge in [-0.15, -0.1) is 11.3 Å². The van der Waals surface area contributed by atoms with E-state index < -0.39 is 0 Å². The Balaban J connectivity index is 1.98. The molecule has 0 unspecified atom stereocenters. The van der Waals surface area contributed by atoms with Gasteiger partial charge in [0.05, 0.1) is 5.56 Å². The maximum absolute atomic E-state index is 12.3. The van der Waals surface area contributed by atoms with Gasteiger partial charge in [0.1, 0.15) is 0 Å².